The van der Waals surface area contributed by atoms with Crippen LogP contribution >= 0.6 is 0 Å². The minimum atomic E-state index is -3.85. The van der Waals surface area contributed by atoms with E-state index in [0.29, 0.717) is 24.9 Å². The van der Waals surface area contributed by atoms with Crippen molar-refractivity contribution in [1.29, 1.82) is 0 Å². The molecular formula is C25H22N2O3S. The number of hydrogen-bond acceptors (Lipinski definition) is 5. The van der Waals surface area contributed by atoms with Gasteiger partial charge in [-0.3, -0.25) is 0 Å². The van der Waals surface area contributed by atoms with Gasteiger partial charge in [-0.2, -0.15) is 4.98 Å². The van der Waals surface area contributed by atoms with E-state index < -0.39 is 9.84 Å². The number of anilines is 1. The Hall–Kier alpha value is -3.38. The van der Waals surface area contributed by atoms with Gasteiger partial charge in [-0.15, -0.1) is 0 Å². The lowest BCUT2D eigenvalue weighted by molar-refractivity contribution is 0.533. The molecule has 5 nitrogen and oxygen atoms in total. The minimum absolute atomic E-state index is 0.0328. The molecule has 0 radical (unpaired) electrons. The van der Waals surface area contributed by atoms with E-state index in [0.717, 1.165) is 17.5 Å². The summed E-state index contributed by atoms with van der Waals surface area (Å²) in [5, 5.41) is -0.0328. The monoisotopic (exact) mass is 430 g/mol. The maximum Gasteiger partial charge on any atom is 0.236 e. The Morgan fingerprint density at radius 3 is 2.29 bits per heavy atom. The average Bonchev–Trinajstić information content (AvgIpc) is 3.26. The molecule has 156 valence electrons. The molecule has 0 saturated carbocycles. The number of hydrogen-bond donors (Lipinski definition) is 0. The second-order valence-corrected chi connectivity index (χ2v) is 9.62. The van der Waals surface area contributed by atoms with Crippen molar-refractivity contribution in [3.8, 4) is 11.5 Å². The van der Waals surface area contributed by atoms with Gasteiger partial charge in [0.15, 0.2) is 0 Å². The number of nitrogens with zero attached hydrogens (tertiary/aromatic N) is 2. The molecule has 0 saturated heterocycles. The van der Waals surface area contributed by atoms with Gasteiger partial charge in [0.2, 0.25) is 26.6 Å². The average molecular weight is 431 g/mol. The van der Waals surface area contributed by atoms with E-state index in [2.05, 4.69) is 17.1 Å². The van der Waals surface area contributed by atoms with Crippen LogP contribution in [0, 0.1) is 6.92 Å². The highest BCUT2D eigenvalue weighted by Gasteiger charge is 2.32. The summed E-state index contributed by atoms with van der Waals surface area (Å²) in [5.74, 6) is 0.606. The number of aryl methyl sites for hydroxylation is 1. The van der Waals surface area contributed by atoms with Gasteiger partial charge in [0.1, 0.15) is 0 Å². The summed E-state index contributed by atoms with van der Waals surface area (Å²) in [7, 11) is -3.85. The molecule has 0 N–H and O–H groups in total. The highest BCUT2D eigenvalue weighted by molar-refractivity contribution is 7.91. The molecule has 0 atom stereocenters. The molecule has 1 aliphatic heterocycles. The molecule has 1 aliphatic rings. The third kappa shape index (κ3) is 3.64. The van der Waals surface area contributed by atoms with E-state index in [1.54, 1.807) is 24.3 Å². The maximum atomic E-state index is 13.5. The minimum Gasteiger partial charge on any atom is -0.419 e. The van der Waals surface area contributed by atoms with Crippen molar-refractivity contribution >= 4 is 15.7 Å². The first-order valence-corrected chi connectivity index (χ1v) is 11.7. The van der Waals surface area contributed by atoms with E-state index in [1.165, 1.54) is 11.1 Å². The molecule has 0 unspecified atom stereocenters. The van der Waals surface area contributed by atoms with Gasteiger partial charge in [-0.1, -0.05) is 60.2 Å². The molecule has 31 heavy (non-hydrogen) atoms. The molecule has 0 fully saturated rings. The maximum absolute atomic E-state index is 13.5. The Morgan fingerprint density at radius 2 is 1.55 bits per heavy atom. The first-order valence-electron chi connectivity index (χ1n) is 10.2. The van der Waals surface area contributed by atoms with Crippen molar-refractivity contribution in [3.63, 3.8) is 0 Å². The normalized spacial score (nSPS) is 13.8. The lowest BCUT2D eigenvalue weighted by Gasteiger charge is -2.28. The molecule has 0 spiro atoms. The Morgan fingerprint density at radius 1 is 0.871 bits per heavy atom. The lowest BCUT2D eigenvalue weighted by Crippen LogP contribution is -2.31. The van der Waals surface area contributed by atoms with Crippen molar-refractivity contribution < 1.29 is 12.8 Å². The second-order valence-electron chi connectivity index (χ2n) is 7.75. The van der Waals surface area contributed by atoms with Crippen LogP contribution < -0.4 is 4.90 Å². The van der Waals surface area contributed by atoms with Crippen LogP contribution in [0.15, 0.2) is 93.2 Å². The van der Waals surface area contributed by atoms with Crippen molar-refractivity contribution in [2.45, 2.75) is 29.8 Å². The standard InChI is InChI=1S/C25H22N2O3S/c1-18-11-13-22(14-12-18)31(28,29)24-25(30-23(26-24)20-8-3-2-4-9-20)27-16-15-19-7-5-6-10-21(19)17-27/h2-14H,15-17H2,1H3. The van der Waals surface area contributed by atoms with E-state index in [1.807, 2.05) is 54.3 Å². The van der Waals surface area contributed by atoms with Gasteiger partial charge in [-0.05, 0) is 48.7 Å². The van der Waals surface area contributed by atoms with E-state index in [-0.39, 0.29) is 9.92 Å². The fourth-order valence-corrected chi connectivity index (χ4v) is 5.20. The molecule has 0 amide bonds. The highest BCUT2D eigenvalue weighted by atomic mass is 32.2. The van der Waals surface area contributed by atoms with Crippen LogP contribution in [0.1, 0.15) is 16.7 Å². The van der Waals surface area contributed by atoms with E-state index in [9.17, 15) is 8.42 Å². The number of oxazole rings is 1. The van der Waals surface area contributed by atoms with E-state index >= 15 is 0 Å². The SMILES string of the molecule is Cc1ccc(S(=O)(=O)c2nc(-c3ccccc3)oc2N2CCc3ccccc3C2)cc1. The van der Waals surface area contributed by atoms with Gasteiger partial charge in [0.05, 0.1) is 4.90 Å². The second kappa shape index (κ2) is 7.71. The topological polar surface area (TPSA) is 63.4 Å². The molecule has 2 heterocycles. The van der Waals surface area contributed by atoms with E-state index in [4.69, 9.17) is 4.42 Å². The van der Waals surface area contributed by atoms with Crippen LogP contribution in [0.2, 0.25) is 0 Å². The zero-order valence-electron chi connectivity index (χ0n) is 17.2. The number of benzene rings is 3. The quantitative estimate of drug-likeness (QED) is 0.454. The summed E-state index contributed by atoms with van der Waals surface area (Å²) < 4.78 is 33.2. The number of fused-ring (bicyclic) bond motifs is 1. The smallest absolute Gasteiger partial charge is 0.236 e. The molecule has 6 heteroatoms. The summed E-state index contributed by atoms with van der Waals surface area (Å²) in [6.45, 7) is 3.17. The predicted octanol–water partition coefficient (Wildman–Crippen LogP) is 5.05. The highest BCUT2D eigenvalue weighted by Crippen LogP contribution is 2.36. The third-order valence-electron chi connectivity index (χ3n) is 5.60. The number of rotatable bonds is 4. The fourth-order valence-electron chi connectivity index (χ4n) is 3.88. The molecule has 4 aromatic rings. The largest absolute Gasteiger partial charge is 0.419 e. The number of sulfone groups is 1. The Labute approximate surface area is 181 Å². The lowest BCUT2D eigenvalue weighted by atomic mass is 10.0. The van der Waals surface area contributed by atoms with Crippen LogP contribution in [0.25, 0.3) is 11.5 Å². The zero-order chi connectivity index (χ0) is 21.4. The zero-order valence-corrected chi connectivity index (χ0v) is 18.0. The summed E-state index contributed by atoms with van der Waals surface area (Å²) >= 11 is 0. The van der Waals surface area contributed by atoms with Crippen LogP contribution in [0.5, 0.6) is 0 Å². The van der Waals surface area contributed by atoms with Crippen LogP contribution in [-0.2, 0) is 22.8 Å². The van der Waals surface area contributed by atoms with Crippen LogP contribution in [-0.4, -0.2) is 19.9 Å². The molecule has 1 aromatic heterocycles. The first kappa shape index (κ1) is 19.6. The van der Waals surface area contributed by atoms with Crippen molar-refractivity contribution in [1.82, 2.24) is 4.98 Å². The van der Waals surface area contributed by atoms with Crippen molar-refractivity contribution in [3.05, 3.63) is 95.6 Å². The van der Waals surface area contributed by atoms with Crippen LogP contribution in [0.3, 0.4) is 0 Å². The van der Waals surface area contributed by atoms with Gasteiger partial charge >= 0.3 is 0 Å². The molecule has 0 bridgehead atoms. The molecule has 5 rings (SSSR count). The molecule has 3 aromatic carbocycles. The van der Waals surface area contributed by atoms with Crippen molar-refractivity contribution in [2.24, 2.45) is 0 Å². The Bertz CT molecular complexity index is 1330. The van der Waals surface area contributed by atoms with Crippen molar-refractivity contribution in [2.75, 3.05) is 11.4 Å². The van der Waals surface area contributed by atoms with Gasteiger partial charge < -0.3 is 9.32 Å². The third-order valence-corrected chi connectivity index (χ3v) is 7.27. The van der Waals surface area contributed by atoms with Gasteiger partial charge in [-0.25, -0.2) is 8.42 Å². The van der Waals surface area contributed by atoms with Crippen LogP contribution in [0.4, 0.5) is 5.88 Å². The number of aromatic nitrogens is 1. The molecule has 0 aliphatic carbocycles. The van der Waals surface area contributed by atoms with Gasteiger partial charge in [0, 0.05) is 18.7 Å². The Kier molecular flexibility index (Phi) is 4.87. The Balaban J connectivity index is 1.63. The van der Waals surface area contributed by atoms with Gasteiger partial charge in [0.25, 0.3) is 0 Å². The summed E-state index contributed by atoms with van der Waals surface area (Å²) in [6, 6.07) is 24.4. The summed E-state index contributed by atoms with van der Waals surface area (Å²) in [4.78, 5) is 6.67. The predicted molar refractivity (Wildman–Crippen MR) is 120 cm³/mol. The first-order chi connectivity index (χ1) is 15.0. The summed E-state index contributed by atoms with van der Waals surface area (Å²) in [5.41, 5.74) is 4.19. The fraction of sp³-hybridized carbons (Fsp3) is 0.160. The summed E-state index contributed by atoms with van der Waals surface area (Å²) in [6.07, 6.45) is 0.821. The molecular weight excluding hydrogens is 408 g/mol.